The van der Waals surface area contributed by atoms with Gasteiger partial charge in [-0.05, 0) is 59.5 Å². The first kappa shape index (κ1) is 32.4. The number of hydrogen-bond acceptors (Lipinski definition) is 7. The maximum Gasteiger partial charge on any atom is 0.251 e. The molecule has 0 spiro atoms. The molecule has 0 aliphatic carbocycles. The van der Waals surface area contributed by atoms with E-state index in [2.05, 4.69) is 80.8 Å². The molecule has 1 aromatic heterocycles. The van der Waals surface area contributed by atoms with Gasteiger partial charge in [0.15, 0.2) is 5.16 Å². The summed E-state index contributed by atoms with van der Waals surface area (Å²) < 4.78 is 5.29. The standard InChI is InChI=1S/C38H38ClN5O2S/c1-46-33-17-15-32(16-18-33)43-21-23-44(24-22-43)36-26-35(39)41-38(42-36)47-27-28-9-8-14-31(25-28)37(45)40-20-19-34(29-10-4-2-5-11-29)30-12-6-3-7-13-30/h2-18,25-26,34H,19-24,27H2,1H3,(H,40,45). The molecule has 6 rings (SSSR count). The maximum absolute atomic E-state index is 13.2. The highest BCUT2D eigenvalue weighted by Gasteiger charge is 2.20. The Kier molecular flexibility index (Phi) is 10.9. The molecule has 1 fully saturated rings. The lowest BCUT2D eigenvalue weighted by atomic mass is 9.88. The second kappa shape index (κ2) is 15.8. The third-order valence-corrected chi connectivity index (χ3v) is 9.49. The van der Waals surface area contributed by atoms with Crippen molar-refractivity contribution in [2.24, 2.45) is 0 Å². The molecule has 9 heteroatoms. The van der Waals surface area contributed by atoms with Gasteiger partial charge in [-0.25, -0.2) is 9.97 Å². The van der Waals surface area contributed by atoms with Crippen LogP contribution in [0.3, 0.4) is 0 Å². The summed E-state index contributed by atoms with van der Waals surface area (Å²) in [5.74, 6) is 2.44. The zero-order valence-electron chi connectivity index (χ0n) is 26.4. The number of halogens is 1. The molecule has 1 amide bonds. The van der Waals surface area contributed by atoms with Crippen LogP contribution in [0.5, 0.6) is 5.75 Å². The van der Waals surface area contributed by atoms with E-state index in [1.165, 1.54) is 28.6 Å². The highest BCUT2D eigenvalue weighted by atomic mass is 35.5. The van der Waals surface area contributed by atoms with Crippen LogP contribution < -0.4 is 19.9 Å². The first-order chi connectivity index (χ1) is 23.1. The molecule has 1 saturated heterocycles. The van der Waals surface area contributed by atoms with E-state index in [0.717, 1.165) is 49.7 Å². The molecule has 5 aromatic rings. The summed E-state index contributed by atoms with van der Waals surface area (Å²) in [6.07, 6.45) is 0.806. The van der Waals surface area contributed by atoms with E-state index < -0.39 is 0 Å². The molecule has 0 bridgehead atoms. The maximum atomic E-state index is 13.2. The lowest BCUT2D eigenvalue weighted by Crippen LogP contribution is -2.46. The fourth-order valence-electron chi connectivity index (χ4n) is 5.88. The van der Waals surface area contributed by atoms with Gasteiger partial charge in [0.05, 0.1) is 7.11 Å². The minimum Gasteiger partial charge on any atom is -0.497 e. The molecule has 0 saturated carbocycles. The number of hydrogen-bond donors (Lipinski definition) is 1. The molecule has 7 nitrogen and oxygen atoms in total. The van der Waals surface area contributed by atoms with Crippen molar-refractivity contribution in [2.75, 3.05) is 49.6 Å². The minimum absolute atomic E-state index is 0.0770. The number of piperazine rings is 1. The van der Waals surface area contributed by atoms with Crippen molar-refractivity contribution >= 4 is 40.8 Å². The monoisotopic (exact) mass is 663 g/mol. The van der Waals surface area contributed by atoms with Crippen LogP contribution in [0.1, 0.15) is 39.4 Å². The van der Waals surface area contributed by atoms with Gasteiger partial charge >= 0.3 is 0 Å². The molecule has 2 heterocycles. The van der Waals surface area contributed by atoms with Gasteiger partial charge in [0.25, 0.3) is 5.91 Å². The fraction of sp³-hybridized carbons (Fsp3) is 0.237. The van der Waals surface area contributed by atoms with Gasteiger partial charge in [-0.3, -0.25) is 4.79 Å². The number of carbonyl (C=O) groups excluding carboxylic acids is 1. The van der Waals surface area contributed by atoms with Crippen molar-refractivity contribution < 1.29 is 9.53 Å². The van der Waals surface area contributed by atoms with Crippen molar-refractivity contribution in [3.63, 3.8) is 0 Å². The highest BCUT2D eigenvalue weighted by molar-refractivity contribution is 7.98. The Morgan fingerprint density at radius 3 is 2.15 bits per heavy atom. The molecule has 1 aliphatic rings. The van der Waals surface area contributed by atoms with Gasteiger partial charge in [0.1, 0.15) is 16.7 Å². The molecule has 4 aromatic carbocycles. The van der Waals surface area contributed by atoms with E-state index in [-0.39, 0.29) is 11.8 Å². The molecule has 1 aliphatic heterocycles. The Balaban J connectivity index is 1.03. The topological polar surface area (TPSA) is 70.6 Å². The number of carbonyl (C=O) groups is 1. The third-order valence-electron chi connectivity index (χ3n) is 8.38. The van der Waals surface area contributed by atoms with Crippen LogP contribution in [0.25, 0.3) is 0 Å². The number of methoxy groups -OCH3 is 1. The van der Waals surface area contributed by atoms with Gasteiger partial charge in [-0.15, -0.1) is 0 Å². The van der Waals surface area contributed by atoms with E-state index in [0.29, 0.717) is 28.2 Å². The fourth-order valence-corrected chi connectivity index (χ4v) is 6.90. The number of thioether (sulfide) groups is 1. The molecule has 0 atom stereocenters. The van der Waals surface area contributed by atoms with Crippen LogP contribution in [0, 0.1) is 0 Å². The van der Waals surface area contributed by atoms with Gasteiger partial charge in [-0.2, -0.15) is 0 Å². The number of aromatic nitrogens is 2. The van der Waals surface area contributed by atoms with E-state index in [9.17, 15) is 4.79 Å². The molecule has 240 valence electrons. The van der Waals surface area contributed by atoms with Crippen molar-refractivity contribution in [3.05, 3.63) is 143 Å². The normalized spacial score (nSPS) is 13.1. The molecule has 0 radical (unpaired) electrons. The third kappa shape index (κ3) is 8.64. The van der Waals surface area contributed by atoms with Gasteiger partial charge in [-0.1, -0.05) is 96.2 Å². The van der Waals surface area contributed by atoms with Crippen LogP contribution in [0.15, 0.2) is 120 Å². The number of ether oxygens (including phenoxy) is 1. The summed E-state index contributed by atoms with van der Waals surface area (Å²) in [4.78, 5) is 27.1. The minimum atomic E-state index is -0.0770. The largest absolute Gasteiger partial charge is 0.497 e. The van der Waals surface area contributed by atoms with Gasteiger partial charge in [0.2, 0.25) is 0 Å². The Morgan fingerprint density at radius 2 is 1.49 bits per heavy atom. The Hall–Kier alpha value is -4.53. The van der Waals surface area contributed by atoms with Crippen LogP contribution in [0.2, 0.25) is 5.15 Å². The van der Waals surface area contributed by atoms with Gasteiger partial charge < -0.3 is 19.9 Å². The molecular weight excluding hydrogens is 626 g/mol. The number of nitrogens with zero attached hydrogens (tertiary/aromatic N) is 4. The number of rotatable bonds is 12. The average molecular weight is 664 g/mol. The van der Waals surface area contributed by atoms with Crippen molar-refractivity contribution in [2.45, 2.75) is 23.2 Å². The van der Waals surface area contributed by atoms with Gasteiger partial charge in [0, 0.05) is 61.7 Å². The van der Waals surface area contributed by atoms with Crippen LogP contribution in [-0.2, 0) is 5.75 Å². The van der Waals surface area contributed by atoms with E-state index in [1.54, 1.807) is 7.11 Å². The predicted molar refractivity (Wildman–Crippen MR) is 192 cm³/mol. The van der Waals surface area contributed by atoms with Crippen molar-refractivity contribution in [3.8, 4) is 5.75 Å². The van der Waals surface area contributed by atoms with Crippen molar-refractivity contribution in [1.29, 1.82) is 0 Å². The molecule has 1 N–H and O–H groups in total. The second-order valence-corrected chi connectivity index (χ2v) is 12.7. The smallest absolute Gasteiger partial charge is 0.251 e. The van der Waals surface area contributed by atoms with Crippen LogP contribution in [0.4, 0.5) is 11.5 Å². The number of anilines is 2. The summed E-state index contributed by atoms with van der Waals surface area (Å²) >= 11 is 7.97. The van der Waals surface area contributed by atoms with E-state index in [4.69, 9.17) is 21.3 Å². The van der Waals surface area contributed by atoms with E-state index in [1.807, 2.05) is 54.6 Å². The number of benzene rings is 4. The lowest BCUT2D eigenvalue weighted by Gasteiger charge is -2.36. The van der Waals surface area contributed by atoms with Crippen LogP contribution >= 0.6 is 23.4 Å². The number of amides is 1. The molecular formula is C38H38ClN5O2S. The Morgan fingerprint density at radius 1 is 0.830 bits per heavy atom. The predicted octanol–water partition coefficient (Wildman–Crippen LogP) is 7.71. The lowest BCUT2D eigenvalue weighted by molar-refractivity contribution is 0.0952. The second-order valence-electron chi connectivity index (χ2n) is 11.4. The average Bonchev–Trinajstić information content (AvgIpc) is 3.13. The van der Waals surface area contributed by atoms with Crippen molar-refractivity contribution in [1.82, 2.24) is 15.3 Å². The SMILES string of the molecule is COc1ccc(N2CCN(c3cc(Cl)nc(SCc4cccc(C(=O)NCCC(c5ccccc5)c5ccccc5)c4)n3)CC2)cc1. The quantitative estimate of drug-likeness (QED) is 0.0833. The molecule has 0 unspecified atom stereocenters. The van der Waals surface area contributed by atoms with Crippen LogP contribution in [-0.4, -0.2) is 55.7 Å². The summed E-state index contributed by atoms with van der Waals surface area (Å²) in [7, 11) is 1.68. The summed E-state index contributed by atoms with van der Waals surface area (Å²) in [6.45, 7) is 3.99. The Labute approximate surface area is 286 Å². The number of nitrogens with one attached hydrogen (secondary N) is 1. The first-order valence-corrected chi connectivity index (χ1v) is 17.2. The zero-order chi connectivity index (χ0) is 32.4. The van der Waals surface area contributed by atoms with E-state index >= 15 is 0 Å². The molecule has 47 heavy (non-hydrogen) atoms. The summed E-state index contributed by atoms with van der Waals surface area (Å²) in [5.41, 5.74) is 5.33. The first-order valence-electron chi connectivity index (χ1n) is 15.8. The summed E-state index contributed by atoms with van der Waals surface area (Å²) in [6, 6.07) is 38.7. The summed E-state index contributed by atoms with van der Waals surface area (Å²) in [5, 5.41) is 4.18. The Bertz CT molecular complexity index is 1710. The highest BCUT2D eigenvalue weighted by Crippen LogP contribution is 2.29. The zero-order valence-corrected chi connectivity index (χ0v) is 28.0.